The minimum atomic E-state index is -0.672. The lowest BCUT2D eigenvalue weighted by molar-refractivity contribution is -0.137. The largest absolute Gasteiger partial charge is 0.481 e. The van der Waals surface area contributed by atoms with E-state index in [0.29, 0.717) is 6.42 Å². The van der Waals surface area contributed by atoms with Crippen molar-refractivity contribution in [1.82, 2.24) is 0 Å². The molecule has 0 amide bonds. The molecule has 3 nitrogen and oxygen atoms in total. The number of aliphatic carboxylic acids is 1. The molecule has 1 unspecified atom stereocenters. The van der Waals surface area contributed by atoms with Crippen LogP contribution in [0.5, 0.6) is 0 Å². The van der Waals surface area contributed by atoms with E-state index in [1.807, 2.05) is 6.08 Å². The standard InChI is InChI=1S/C19H36O3/c1-2-15-18(20)16-13-11-9-7-5-3-4-6-8-10-12-14-17-19(21)22/h13,16,18,20H,2-12,14-15,17H2,1H3,(H,21,22). The number of rotatable bonds is 16. The average molecular weight is 312 g/mol. The molecule has 0 saturated carbocycles. The van der Waals surface area contributed by atoms with Gasteiger partial charge >= 0.3 is 5.97 Å². The number of aliphatic hydroxyl groups is 1. The predicted molar refractivity (Wildman–Crippen MR) is 93.1 cm³/mol. The van der Waals surface area contributed by atoms with Crippen LogP contribution in [0.4, 0.5) is 0 Å². The van der Waals surface area contributed by atoms with Gasteiger partial charge in [0.25, 0.3) is 0 Å². The number of carboxylic acids is 1. The number of hydrogen-bond donors (Lipinski definition) is 2. The molecule has 130 valence electrons. The van der Waals surface area contributed by atoms with Crippen molar-refractivity contribution < 1.29 is 15.0 Å². The second kappa shape index (κ2) is 16.5. The van der Waals surface area contributed by atoms with Crippen molar-refractivity contribution in [3.05, 3.63) is 12.2 Å². The molecule has 0 bridgehead atoms. The third kappa shape index (κ3) is 17.2. The fourth-order valence-corrected chi connectivity index (χ4v) is 2.60. The summed E-state index contributed by atoms with van der Waals surface area (Å²) in [6, 6.07) is 0. The third-order valence-corrected chi connectivity index (χ3v) is 3.95. The summed E-state index contributed by atoms with van der Waals surface area (Å²) in [7, 11) is 0. The maximum Gasteiger partial charge on any atom is 0.303 e. The molecule has 1 atom stereocenters. The van der Waals surface area contributed by atoms with Crippen LogP contribution in [0.1, 0.15) is 96.8 Å². The first kappa shape index (κ1) is 21.2. The van der Waals surface area contributed by atoms with Crippen molar-refractivity contribution in [2.24, 2.45) is 0 Å². The summed E-state index contributed by atoms with van der Waals surface area (Å²) in [6.07, 6.45) is 19.2. The van der Waals surface area contributed by atoms with Gasteiger partial charge in [-0.3, -0.25) is 4.79 Å². The second-order valence-electron chi connectivity index (χ2n) is 6.25. The van der Waals surface area contributed by atoms with Crippen LogP contribution in [0.3, 0.4) is 0 Å². The van der Waals surface area contributed by atoms with Crippen LogP contribution >= 0.6 is 0 Å². The first-order valence-electron chi connectivity index (χ1n) is 9.23. The van der Waals surface area contributed by atoms with Gasteiger partial charge in [-0.05, 0) is 25.7 Å². The molecule has 2 N–H and O–H groups in total. The van der Waals surface area contributed by atoms with E-state index in [4.69, 9.17) is 5.11 Å². The molecule has 0 saturated heterocycles. The van der Waals surface area contributed by atoms with E-state index >= 15 is 0 Å². The van der Waals surface area contributed by atoms with Crippen LogP contribution in [0.15, 0.2) is 12.2 Å². The Hall–Kier alpha value is -0.830. The van der Waals surface area contributed by atoms with E-state index in [-0.39, 0.29) is 6.10 Å². The summed E-state index contributed by atoms with van der Waals surface area (Å²) >= 11 is 0. The van der Waals surface area contributed by atoms with E-state index in [1.165, 1.54) is 51.4 Å². The SMILES string of the molecule is CCCC(O)C=CCCCCCCCCCCCCC(=O)O. The summed E-state index contributed by atoms with van der Waals surface area (Å²) in [4.78, 5) is 10.3. The zero-order valence-electron chi connectivity index (χ0n) is 14.4. The minimum absolute atomic E-state index is 0.250. The van der Waals surface area contributed by atoms with Crippen LogP contribution in [-0.2, 0) is 4.79 Å². The topological polar surface area (TPSA) is 57.5 Å². The highest BCUT2D eigenvalue weighted by Gasteiger charge is 1.97. The third-order valence-electron chi connectivity index (χ3n) is 3.95. The molecule has 0 radical (unpaired) electrons. The Bertz CT molecular complexity index is 274. The van der Waals surface area contributed by atoms with E-state index in [9.17, 15) is 9.90 Å². The summed E-state index contributed by atoms with van der Waals surface area (Å²) in [6.45, 7) is 2.09. The van der Waals surface area contributed by atoms with Crippen LogP contribution in [0, 0.1) is 0 Å². The maximum absolute atomic E-state index is 10.3. The lowest BCUT2D eigenvalue weighted by Crippen LogP contribution is -1.99. The average Bonchev–Trinajstić information content (AvgIpc) is 2.47. The monoisotopic (exact) mass is 312 g/mol. The van der Waals surface area contributed by atoms with E-state index < -0.39 is 5.97 Å². The van der Waals surface area contributed by atoms with Gasteiger partial charge in [0, 0.05) is 6.42 Å². The molecule has 0 heterocycles. The molecule has 0 aliphatic carbocycles. The van der Waals surface area contributed by atoms with Gasteiger partial charge in [-0.15, -0.1) is 0 Å². The molecular formula is C19H36O3. The fraction of sp³-hybridized carbons (Fsp3) is 0.842. The van der Waals surface area contributed by atoms with Gasteiger partial charge in [0.05, 0.1) is 6.10 Å². The van der Waals surface area contributed by atoms with E-state index in [1.54, 1.807) is 0 Å². The molecule has 3 heteroatoms. The van der Waals surface area contributed by atoms with Crippen molar-refractivity contribution in [3.8, 4) is 0 Å². The molecular weight excluding hydrogens is 276 g/mol. The van der Waals surface area contributed by atoms with Crippen LogP contribution in [0.25, 0.3) is 0 Å². The second-order valence-corrected chi connectivity index (χ2v) is 6.25. The normalized spacial score (nSPS) is 12.8. The van der Waals surface area contributed by atoms with Gasteiger partial charge in [0.2, 0.25) is 0 Å². The van der Waals surface area contributed by atoms with Gasteiger partial charge in [-0.2, -0.15) is 0 Å². The number of hydrogen-bond acceptors (Lipinski definition) is 2. The quantitative estimate of drug-likeness (QED) is 0.293. The Labute approximate surface area is 136 Å². The summed E-state index contributed by atoms with van der Waals surface area (Å²) in [5.74, 6) is -0.672. The van der Waals surface area contributed by atoms with Crippen molar-refractivity contribution in [2.45, 2.75) is 103 Å². The number of carbonyl (C=O) groups is 1. The number of unbranched alkanes of at least 4 members (excludes halogenated alkanes) is 10. The summed E-state index contributed by atoms with van der Waals surface area (Å²) in [5.41, 5.74) is 0. The van der Waals surface area contributed by atoms with Gasteiger partial charge in [-0.1, -0.05) is 76.9 Å². The zero-order valence-corrected chi connectivity index (χ0v) is 14.4. The Morgan fingerprint density at radius 3 is 1.91 bits per heavy atom. The van der Waals surface area contributed by atoms with Crippen molar-refractivity contribution in [1.29, 1.82) is 0 Å². The predicted octanol–water partition coefficient (Wildman–Crippen LogP) is 5.47. The number of allylic oxidation sites excluding steroid dienone is 1. The van der Waals surface area contributed by atoms with E-state index in [2.05, 4.69) is 13.0 Å². The smallest absolute Gasteiger partial charge is 0.303 e. The van der Waals surface area contributed by atoms with Crippen LogP contribution < -0.4 is 0 Å². The zero-order chi connectivity index (χ0) is 16.5. The highest BCUT2D eigenvalue weighted by atomic mass is 16.4. The Morgan fingerprint density at radius 2 is 1.41 bits per heavy atom. The number of carboxylic acid groups (broad SMARTS) is 1. The molecule has 22 heavy (non-hydrogen) atoms. The first-order chi connectivity index (χ1) is 10.7. The van der Waals surface area contributed by atoms with Gasteiger partial charge in [-0.25, -0.2) is 0 Å². The molecule has 0 aromatic rings. The van der Waals surface area contributed by atoms with Gasteiger partial charge in [0.15, 0.2) is 0 Å². The Balaban J connectivity index is 3.13. The highest BCUT2D eigenvalue weighted by Crippen LogP contribution is 2.12. The van der Waals surface area contributed by atoms with Gasteiger partial charge < -0.3 is 10.2 Å². The van der Waals surface area contributed by atoms with Crippen LogP contribution in [-0.4, -0.2) is 22.3 Å². The highest BCUT2D eigenvalue weighted by molar-refractivity contribution is 5.66. The summed E-state index contributed by atoms with van der Waals surface area (Å²) in [5, 5.41) is 18.1. The first-order valence-corrected chi connectivity index (χ1v) is 9.23. The summed E-state index contributed by atoms with van der Waals surface area (Å²) < 4.78 is 0. The van der Waals surface area contributed by atoms with Gasteiger partial charge in [0.1, 0.15) is 0 Å². The molecule has 0 aromatic heterocycles. The number of aliphatic hydroxyl groups excluding tert-OH is 1. The maximum atomic E-state index is 10.3. The molecule has 0 aliphatic rings. The molecule has 0 spiro atoms. The van der Waals surface area contributed by atoms with Crippen molar-refractivity contribution in [3.63, 3.8) is 0 Å². The molecule has 0 aliphatic heterocycles. The lowest BCUT2D eigenvalue weighted by atomic mass is 10.0. The van der Waals surface area contributed by atoms with Crippen LogP contribution in [0.2, 0.25) is 0 Å². The Morgan fingerprint density at radius 1 is 0.909 bits per heavy atom. The van der Waals surface area contributed by atoms with Crippen molar-refractivity contribution in [2.75, 3.05) is 0 Å². The lowest BCUT2D eigenvalue weighted by Gasteiger charge is -2.03. The fourth-order valence-electron chi connectivity index (χ4n) is 2.60. The van der Waals surface area contributed by atoms with Crippen molar-refractivity contribution >= 4 is 5.97 Å². The minimum Gasteiger partial charge on any atom is -0.481 e. The Kier molecular flexibility index (Phi) is 15.9. The van der Waals surface area contributed by atoms with E-state index in [0.717, 1.165) is 32.1 Å². The molecule has 0 rings (SSSR count). The molecule has 0 fully saturated rings. The molecule has 0 aromatic carbocycles.